The molecule has 0 saturated carbocycles. The Bertz CT molecular complexity index is 649. The Labute approximate surface area is 144 Å². The van der Waals surface area contributed by atoms with Gasteiger partial charge in [-0.2, -0.15) is 0 Å². The van der Waals surface area contributed by atoms with Crippen molar-refractivity contribution >= 4 is 5.78 Å². The van der Waals surface area contributed by atoms with Crippen LogP contribution in [-0.4, -0.2) is 18.0 Å². The van der Waals surface area contributed by atoms with Gasteiger partial charge in [-0.25, -0.2) is 0 Å². The predicted octanol–water partition coefficient (Wildman–Crippen LogP) is 4.56. The highest BCUT2D eigenvalue weighted by Gasteiger charge is 2.11. The lowest BCUT2D eigenvalue weighted by Gasteiger charge is -2.12. The zero-order valence-corrected chi connectivity index (χ0v) is 14.5. The van der Waals surface area contributed by atoms with Crippen LogP contribution in [-0.2, 0) is 17.6 Å². The molecule has 2 aromatic rings. The van der Waals surface area contributed by atoms with Gasteiger partial charge in [0, 0.05) is 12.8 Å². The minimum Gasteiger partial charge on any atom is -0.504 e. The first-order valence-corrected chi connectivity index (χ1v) is 8.50. The maximum absolute atomic E-state index is 12.1. The van der Waals surface area contributed by atoms with E-state index in [0.29, 0.717) is 30.3 Å². The number of carbonyl (C=O) groups excluding carboxylic acids is 1. The van der Waals surface area contributed by atoms with Gasteiger partial charge in [0.25, 0.3) is 0 Å². The number of ketones is 1. The summed E-state index contributed by atoms with van der Waals surface area (Å²) in [5.41, 5.74) is 2.34. The number of methoxy groups -OCH3 is 1. The van der Waals surface area contributed by atoms with E-state index in [0.717, 1.165) is 24.8 Å². The van der Waals surface area contributed by atoms with Crippen molar-refractivity contribution < 1.29 is 14.6 Å². The third-order valence-corrected chi connectivity index (χ3v) is 4.28. The van der Waals surface area contributed by atoms with E-state index in [9.17, 15) is 9.90 Å². The van der Waals surface area contributed by atoms with Gasteiger partial charge >= 0.3 is 0 Å². The fourth-order valence-corrected chi connectivity index (χ4v) is 2.81. The normalized spacial score (nSPS) is 11.9. The van der Waals surface area contributed by atoms with Gasteiger partial charge in [-0.15, -0.1) is 0 Å². The van der Waals surface area contributed by atoms with E-state index < -0.39 is 0 Å². The summed E-state index contributed by atoms with van der Waals surface area (Å²) in [4.78, 5) is 12.1. The molecule has 0 aliphatic rings. The van der Waals surface area contributed by atoms with E-state index >= 15 is 0 Å². The Balaban J connectivity index is 1.74. The lowest BCUT2D eigenvalue weighted by atomic mass is 9.94. The molecule has 128 valence electrons. The quantitative estimate of drug-likeness (QED) is 0.734. The summed E-state index contributed by atoms with van der Waals surface area (Å²) in [5.74, 6) is 1.34. The fraction of sp³-hybridized carbons (Fsp3) is 0.381. The first-order valence-electron chi connectivity index (χ1n) is 8.50. The fourth-order valence-electron chi connectivity index (χ4n) is 2.81. The van der Waals surface area contributed by atoms with Crippen molar-refractivity contribution in [3.8, 4) is 11.5 Å². The molecule has 3 heteroatoms. The van der Waals surface area contributed by atoms with Crippen LogP contribution in [0.15, 0.2) is 48.5 Å². The summed E-state index contributed by atoms with van der Waals surface area (Å²) in [5, 5.41) is 9.61. The Kier molecular flexibility index (Phi) is 6.86. The third-order valence-electron chi connectivity index (χ3n) is 4.28. The molecule has 0 radical (unpaired) electrons. The lowest BCUT2D eigenvalue weighted by Crippen LogP contribution is -2.07. The van der Waals surface area contributed by atoms with Crippen LogP contribution in [0.2, 0.25) is 0 Å². The number of carbonyl (C=O) groups is 1. The highest BCUT2D eigenvalue weighted by molar-refractivity contribution is 5.78. The molecule has 0 amide bonds. The molecule has 0 aromatic heterocycles. The standard InChI is InChI=1S/C21H26O3/c1-16(8-9-18-11-13-20(23)21(15-18)24-2)14-19(22)12-10-17-6-4-3-5-7-17/h3-7,11,13,15-16,23H,8-10,12,14H2,1-2H3. The molecule has 0 spiro atoms. The van der Waals surface area contributed by atoms with Gasteiger partial charge in [0.1, 0.15) is 5.78 Å². The summed E-state index contributed by atoms with van der Waals surface area (Å²) in [7, 11) is 1.55. The topological polar surface area (TPSA) is 46.5 Å². The van der Waals surface area contributed by atoms with E-state index in [2.05, 4.69) is 19.1 Å². The van der Waals surface area contributed by atoms with Gasteiger partial charge in [0.05, 0.1) is 7.11 Å². The summed E-state index contributed by atoms with van der Waals surface area (Å²) >= 11 is 0. The second-order valence-corrected chi connectivity index (χ2v) is 6.38. The monoisotopic (exact) mass is 326 g/mol. The van der Waals surface area contributed by atoms with Crippen molar-refractivity contribution in [2.75, 3.05) is 7.11 Å². The van der Waals surface area contributed by atoms with Gasteiger partial charge in [0.15, 0.2) is 11.5 Å². The zero-order chi connectivity index (χ0) is 17.4. The molecular formula is C21H26O3. The molecule has 24 heavy (non-hydrogen) atoms. The van der Waals surface area contributed by atoms with Crippen LogP contribution in [0, 0.1) is 5.92 Å². The van der Waals surface area contributed by atoms with Crippen LogP contribution >= 0.6 is 0 Å². The maximum atomic E-state index is 12.1. The van der Waals surface area contributed by atoms with Crippen molar-refractivity contribution in [3.63, 3.8) is 0 Å². The SMILES string of the molecule is COc1cc(CCC(C)CC(=O)CCc2ccccc2)ccc1O. The van der Waals surface area contributed by atoms with Crippen LogP contribution < -0.4 is 4.74 Å². The number of hydrogen-bond donors (Lipinski definition) is 1. The molecular weight excluding hydrogens is 300 g/mol. The number of rotatable bonds is 9. The van der Waals surface area contributed by atoms with Crippen molar-refractivity contribution in [1.29, 1.82) is 0 Å². The first kappa shape index (κ1) is 18.1. The van der Waals surface area contributed by atoms with Gasteiger partial charge in [0.2, 0.25) is 0 Å². The van der Waals surface area contributed by atoms with Crippen molar-refractivity contribution in [2.24, 2.45) is 5.92 Å². The highest BCUT2D eigenvalue weighted by Crippen LogP contribution is 2.27. The molecule has 2 rings (SSSR count). The highest BCUT2D eigenvalue weighted by atomic mass is 16.5. The second-order valence-electron chi connectivity index (χ2n) is 6.38. The number of phenols is 1. The van der Waals surface area contributed by atoms with E-state index in [1.165, 1.54) is 5.56 Å². The van der Waals surface area contributed by atoms with Crippen LogP contribution in [0.1, 0.15) is 37.3 Å². The predicted molar refractivity (Wildman–Crippen MR) is 96.5 cm³/mol. The van der Waals surface area contributed by atoms with Crippen molar-refractivity contribution in [3.05, 3.63) is 59.7 Å². The molecule has 0 saturated heterocycles. The lowest BCUT2D eigenvalue weighted by molar-refractivity contribution is -0.119. The average molecular weight is 326 g/mol. The van der Waals surface area contributed by atoms with Gasteiger partial charge in [-0.3, -0.25) is 4.79 Å². The number of benzene rings is 2. The van der Waals surface area contributed by atoms with E-state index in [-0.39, 0.29) is 5.75 Å². The molecule has 1 unspecified atom stereocenters. The minimum absolute atomic E-state index is 0.158. The number of ether oxygens (including phenoxy) is 1. The Hall–Kier alpha value is -2.29. The Morgan fingerprint density at radius 3 is 2.54 bits per heavy atom. The smallest absolute Gasteiger partial charge is 0.160 e. The maximum Gasteiger partial charge on any atom is 0.160 e. The van der Waals surface area contributed by atoms with Crippen LogP contribution in [0.25, 0.3) is 0 Å². The summed E-state index contributed by atoms with van der Waals surface area (Å²) in [6, 6.07) is 15.6. The Morgan fingerprint density at radius 1 is 1.08 bits per heavy atom. The van der Waals surface area contributed by atoms with Gasteiger partial charge in [-0.05, 0) is 48.4 Å². The minimum atomic E-state index is 0.158. The van der Waals surface area contributed by atoms with Gasteiger partial charge in [-0.1, -0.05) is 43.3 Å². The molecule has 1 N–H and O–H groups in total. The average Bonchev–Trinajstić information content (AvgIpc) is 2.60. The number of hydrogen-bond acceptors (Lipinski definition) is 3. The third kappa shape index (κ3) is 5.73. The number of aryl methyl sites for hydroxylation is 2. The summed E-state index contributed by atoms with van der Waals surface area (Å²) in [6.45, 7) is 2.12. The zero-order valence-electron chi connectivity index (χ0n) is 14.5. The molecule has 2 aromatic carbocycles. The Morgan fingerprint density at radius 2 is 1.83 bits per heavy atom. The van der Waals surface area contributed by atoms with Crippen molar-refractivity contribution in [2.45, 2.75) is 39.0 Å². The molecule has 0 aliphatic heterocycles. The summed E-state index contributed by atoms with van der Waals surface area (Å²) < 4.78 is 5.13. The van der Waals surface area contributed by atoms with Crippen LogP contribution in [0.4, 0.5) is 0 Å². The van der Waals surface area contributed by atoms with Crippen LogP contribution in [0.3, 0.4) is 0 Å². The van der Waals surface area contributed by atoms with Crippen LogP contribution in [0.5, 0.6) is 11.5 Å². The number of phenolic OH excluding ortho intramolecular Hbond substituents is 1. The second kappa shape index (κ2) is 9.11. The van der Waals surface area contributed by atoms with E-state index in [1.54, 1.807) is 13.2 Å². The first-order chi connectivity index (χ1) is 11.6. The number of Topliss-reactive ketones (excluding diaryl/α,β-unsaturated/α-hetero) is 1. The summed E-state index contributed by atoms with van der Waals surface area (Å²) in [6.07, 6.45) is 3.89. The molecule has 0 fully saturated rings. The largest absolute Gasteiger partial charge is 0.504 e. The molecule has 0 heterocycles. The molecule has 1 atom stereocenters. The number of aromatic hydroxyl groups is 1. The van der Waals surface area contributed by atoms with E-state index in [1.807, 2.05) is 30.3 Å². The van der Waals surface area contributed by atoms with Gasteiger partial charge < -0.3 is 9.84 Å². The molecule has 3 nitrogen and oxygen atoms in total. The molecule has 0 aliphatic carbocycles. The molecule has 0 bridgehead atoms. The van der Waals surface area contributed by atoms with Crippen molar-refractivity contribution in [1.82, 2.24) is 0 Å². The van der Waals surface area contributed by atoms with E-state index in [4.69, 9.17) is 4.74 Å².